The number of aldehydes is 1. The van der Waals surface area contributed by atoms with Crippen LogP contribution in [0, 0.1) is 0 Å². The minimum absolute atomic E-state index is 0.503. The number of benzene rings is 1. The largest absolute Gasteiger partial charge is 0.298 e. The van der Waals surface area contributed by atoms with Crippen molar-refractivity contribution >= 4 is 23.5 Å². The molecule has 0 saturated carbocycles. The maximum Gasteiger partial charge on any atom is 0.171 e. The molecule has 0 aliphatic rings. The fraction of sp³-hybridized carbons (Fsp3) is 0. The molecule has 18 heavy (non-hydrogen) atoms. The number of nitrogens with zero attached hydrogens (tertiary/aromatic N) is 3. The maximum absolute atomic E-state index is 10.9. The lowest BCUT2D eigenvalue weighted by Crippen LogP contribution is -1.92. The van der Waals surface area contributed by atoms with Gasteiger partial charge in [-0.3, -0.25) is 9.20 Å². The van der Waals surface area contributed by atoms with E-state index < -0.39 is 0 Å². The maximum atomic E-state index is 10.9. The number of aromatic nitrogens is 3. The van der Waals surface area contributed by atoms with Crippen molar-refractivity contribution in [1.29, 1.82) is 0 Å². The first-order valence-corrected chi connectivity index (χ1v) is 5.73. The molecule has 1 aromatic carbocycles. The van der Waals surface area contributed by atoms with Crippen molar-refractivity contribution in [3.63, 3.8) is 0 Å². The van der Waals surface area contributed by atoms with Gasteiger partial charge in [0.25, 0.3) is 0 Å². The number of fused-ring (bicyclic) bond motifs is 1. The van der Waals surface area contributed by atoms with Crippen LogP contribution in [0.3, 0.4) is 0 Å². The van der Waals surface area contributed by atoms with E-state index in [-0.39, 0.29) is 0 Å². The molecule has 0 spiro atoms. The van der Waals surface area contributed by atoms with E-state index in [9.17, 15) is 4.79 Å². The summed E-state index contributed by atoms with van der Waals surface area (Å²) in [6.07, 6.45) is 2.57. The molecule has 3 aromatic rings. The van der Waals surface area contributed by atoms with E-state index in [2.05, 4.69) is 10.2 Å². The van der Waals surface area contributed by atoms with Crippen molar-refractivity contribution in [1.82, 2.24) is 14.6 Å². The lowest BCUT2D eigenvalue weighted by atomic mass is 10.2. The highest BCUT2D eigenvalue weighted by molar-refractivity contribution is 6.33. The first kappa shape index (κ1) is 10.9. The Hall–Kier alpha value is -2.20. The zero-order valence-electron chi connectivity index (χ0n) is 9.25. The number of carbonyl (C=O) groups is 1. The molecule has 88 valence electrons. The predicted octanol–water partition coefficient (Wildman–Crippen LogP) is 2.86. The normalized spacial score (nSPS) is 10.7. The Balaban J connectivity index is 2.32. The van der Waals surface area contributed by atoms with E-state index in [0.29, 0.717) is 22.1 Å². The molecule has 2 heterocycles. The molecular weight excluding hydrogens is 250 g/mol. The molecule has 0 atom stereocenters. The third-order valence-corrected chi connectivity index (χ3v) is 3.04. The highest BCUT2D eigenvalue weighted by Gasteiger charge is 2.12. The lowest BCUT2D eigenvalue weighted by molar-refractivity contribution is 0.112. The monoisotopic (exact) mass is 257 g/mol. The van der Waals surface area contributed by atoms with Gasteiger partial charge in [-0.15, -0.1) is 10.2 Å². The van der Waals surface area contributed by atoms with Crippen molar-refractivity contribution in [2.75, 3.05) is 0 Å². The molecule has 0 aliphatic heterocycles. The summed E-state index contributed by atoms with van der Waals surface area (Å²) in [4.78, 5) is 10.9. The van der Waals surface area contributed by atoms with Gasteiger partial charge in [0.2, 0.25) is 0 Å². The fourth-order valence-electron chi connectivity index (χ4n) is 1.85. The summed E-state index contributed by atoms with van der Waals surface area (Å²) in [5.74, 6) is 0.624. The average molecular weight is 258 g/mol. The van der Waals surface area contributed by atoms with Crippen molar-refractivity contribution in [3.8, 4) is 11.4 Å². The van der Waals surface area contributed by atoms with E-state index in [1.54, 1.807) is 28.8 Å². The van der Waals surface area contributed by atoms with Crippen LogP contribution in [0.4, 0.5) is 0 Å². The molecule has 0 unspecified atom stereocenters. The Morgan fingerprint density at radius 2 is 1.94 bits per heavy atom. The second-order valence-corrected chi connectivity index (χ2v) is 4.19. The number of hydrogen-bond donors (Lipinski definition) is 0. The standard InChI is InChI=1S/C13H8ClN3O/c14-11-6-2-1-5-10(11)13-16-15-12-9(8-18)4-3-7-17(12)13/h1-8H. The lowest BCUT2D eigenvalue weighted by Gasteiger charge is -2.02. The molecule has 0 N–H and O–H groups in total. The number of halogens is 1. The molecule has 4 nitrogen and oxygen atoms in total. The van der Waals surface area contributed by atoms with Crippen molar-refractivity contribution in [2.45, 2.75) is 0 Å². The van der Waals surface area contributed by atoms with E-state index in [1.165, 1.54) is 0 Å². The average Bonchev–Trinajstić information content (AvgIpc) is 2.83. The summed E-state index contributed by atoms with van der Waals surface area (Å²) < 4.78 is 1.75. The first-order valence-electron chi connectivity index (χ1n) is 5.35. The van der Waals surface area contributed by atoms with Crippen LogP contribution >= 0.6 is 11.6 Å². The minimum atomic E-state index is 0.503. The molecule has 0 fully saturated rings. The summed E-state index contributed by atoms with van der Waals surface area (Å²) in [5, 5.41) is 8.73. The van der Waals surface area contributed by atoms with Gasteiger partial charge in [-0.25, -0.2) is 0 Å². The van der Waals surface area contributed by atoms with Crippen LogP contribution in [0.5, 0.6) is 0 Å². The van der Waals surface area contributed by atoms with Gasteiger partial charge in [0.05, 0.1) is 10.6 Å². The van der Waals surface area contributed by atoms with Crippen LogP contribution in [0.2, 0.25) is 5.02 Å². The zero-order valence-corrected chi connectivity index (χ0v) is 10.0. The molecule has 0 radical (unpaired) electrons. The number of pyridine rings is 1. The Labute approximate surface area is 108 Å². The molecule has 0 amide bonds. The molecule has 2 aromatic heterocycles. The number of carbonyl (C=O) groups excluding carboxylic acids is 1. The molecule has 0 bridgehead atoms. The van der Waals surface area contributed by atoms with Crippen molar-refractivity contribution < 1.29 is 4.79 Å². The van der Waals surface area contributed by atoms with Crippen LogP contribution in [0.25, 0.3) is 17.0 Å². The second-order valence-electron chi connectivity index (χ2n) is 3.78. The zero-order chi connectivity index (χ0) is 12.5. The highest BCUT2D eigenvalue weighted by Crippen LogP contribution is 2.26. The van der Waals surface area contributed by atoms with E-state index in [1.807, 2.05) is 18.2 Å². The molecule has 3 rings (SSSR count). The van der Waals surface area contributed by atoms with Gasteiger partial charge in [-0.05, 0) is 24.3 Å². The van der Waals surface area contributed by atoms with Gasteiger partial charge in [0.15, 0.2) is 17.8 Å². The van der Waals surface area contributed by atoms with Crippen LogP contribution in [-0.4, -0.2) is 20.9 Å². The third kappa shape index (κ3) is 1.58. The van der Waals surface area contributed by atoms with Crippen molar-refractivity contribution in [2.24, 2.45) is 0 Å². The molecule has 0 aliphatic carbocycles. The van der Waals surface area contributed by atoms with Gasteiger partial charge < -0.3 is 0 Å². The summed E-state index contributed by atoms with van der Waals surface area (Å²) >= 11 is 6.14. The second kappa shape index (κ2) is 4.23. The SMILES string of the molecule is O=Cc1cccn2c(-c3ccccc3Cl)nnc12. The fourth-order valence-corrected chi connectivity index (χ4v) is 2.08. The Morgan fingerprint density at radius 3 is 2.72 bits per heavy atom. The van der Waals surface area contributed by atoms with E-state index in [4.69, 9.17) is 11.6 Å². The van der Waals surface area contributed by atoms with Gasteiger partial charge >= 0.3 is 0 Å². The minimum Gasteiger partial charge on any atom is -0.298 e. The summed E-state index contributed by atoms with van der Waals surface area (Å²) in [6.45, 7) is 0. The molecule has 0 saturated heterocycles. The third-order valence-electron chi connectivity index (χ3n) is 2.71. The quantitative estimate of drug-likeness (QED) is 0.663. The summed E-state index contributed by atoms with van der Waals surface area (Å²) in [5.41, 5.74) is 1.82. The molecular formula is C13H8ClN3O. The summed E-state index contributed by atoms with van der Waals surface area (Å²) in [7, 11) is 0. The van der Waals surface area contributed by atoms with Crippen molar-refractivity contribution in [3.05, 3.63) is 53.2 Å². The smallest absolute Gasteiger partial charge is 0.171 e. The van der Waals surface area contributed by atoms with Crippen LogP contribution < -0.4 is 0 Å². The van der Waals surface area contributed by atoms with E-state index in [0.717, 1.165) is 11.8 Å². The first-order chi connectivity index (χ1) is 8.81. The Bertz CT molecular complexity index is 736. The van der Waals surface area contributed by atoms with Crippen LogP contribution in [0.15, 0.2) is 42.6 Å². The topological polar surface area (TPSA) is 47.3 Å². The Morgan fingerprint density at radius 1 is 1.11 bits per heavy atom. The Kier molecular flexibility index (Phi) is 2.57. The molecule has 5 heteroatoms. The van der Waals surface area contributed by atoms with Gasteiger partial charge in [-0.1, -0.05) is 23.7 Å². The van der Waals surface area contributed by atoms with Gasteiger partial charge in [-0.2, -0.15) is 0 Å². The predicted molar refractivity (Wildman–Crippen MR) is 68.8 cm³/mol. The number of hydrogen-bond acceptors (Lipinski definition) is 3. The van der Waals surface area contributed by atoms with Crippen LogP contribution in [0.1, 0.15) is 10.4 Å². The van der Waals surface area contributed by atoms with Crippen LogP contribution in [-0.2, 0) is 0 Å². The summed E-state index contributed by atoms with van der Waals surface area (Å²) in [6, 6.07) is 10.9. The van der Waals surface area contributed by atoms with E-state index >= 15 is 0 Å². The van der Waals surface area contributed by atoms with Gasteiger partial charge in [0, 0.05) is 11.8 Å². The van der Waals surface area contributed by atoms with Gasteiger partial charge in [0.1, 0.15) is 0 Å². The highest BCUT2D eigenvalue weighted by atomic mass is 35.5. The number of rotatable bonds is 2.